The van der Waals surface area contributed by atoms with Crippen molar-refractivity contribution >= 4 is 5.96 Å². The van der Waals surface area contributed by atoms with Crippen LogP contribution in [0.25, 0.3) is 0 Å². The van der Waals surface area contributed by atoms with Crippen LogP contribution < -0.4 is 26.6 Å². The van der Waals surface area contributed by atoms with Gasteiger partial charge in [0, 0.05) is 57.7 Å². The number of rotatable bonds is 7. The van der Waals surface area contributed by atoms with Gasteiger partial charge in [-0.15, -0.1) is 0 Å². The second-order valence-corrected chi connectivity index (χ2v) is 13.6. The van der Waals surface area contributed by atoms with Crippen molar-refractivity contribution in [2.24, 2.45) is 23.7 Å². The Balaban J connectivity index is 1.15. The van der Waals surface area contributed by atoms with Crippen LogP contribution >= 0.6 is 0 Å². The monoisotopic (exact) mass is 661 g/mol. The number of hydrogen-bond acceptors (Lipinski definition) is 8. The van der Waals surface area contributed by atoms with Crippen LogP contribution in [0, 0.1) is 29.1 Å². The fourth-order valence-corrected chi connectivity index (χ4v) is 8.42. The highest BCUT2D eigenvalue weighted by Crippen LogP contribution is 2.53. The summed E-state index contributed by atoms with van der Waals surface area (Å²) in [6, 6.07) is -2.92. The first-order valence-corrected chi connectivity index (χ1v) is 15.7. The topological polar surface area (TPSA) is 103 Å². The lowest BCUT2D eigenvalue weighted by Gasteiger charge is -2.48. The second kappa shape index (κ2) is 12.1. The van der Waals surface area contributed by atoms with E-state index in [4.69, 9.17) is 10.1 Å². The van der Waals surface area contributed by atoms with Crippen LogP contribution in [0.15, 0.2) is 0 Å². The van der Waals surface area contributed by atoms with Crippen molar-refractivity contribution in [2.75, 3.05) is 47.0 Å². The van der Waals surface area contributed by atoms with Gasteiger partial charge in [-0.05, 0) is 44.6 Å². The molecule has 45 heavy (non-hydrogen) atoms. The average Bonchev–Trinajstić information content (AvgIpc) is 3.30. The number of ether oxygens (including phenoxy) is 1. The van der Waals surface area contributed by atoms with E-state index in [1.54, 1.807) is 16.8 Å². The number of fused-ring (bicyclic) bond motifs is 1. The van der Waals surface area contributed by atoms with E-state index in [2.05, 4.69) is 26.6 Å². The van der Waals surface area contributed by atoms with Crippen LogP contribution in [0.4, 0.5) is 35.1 Å². The summed E-state index contributed by atoms with van der Waals surface area (Å²) in [6.45, 7) is -0.738. The van der Waals surface area contributed by atoms with Crippen molar-refractivity contribution < 1.29 is 39.9 Å². The minimum Gasteiger partial charge on any atom is -0.366 e. The van der Waals surface area contributed by atoms with E-state index in [0.717, 1.165) is 4.90 Å². The van der Waals surface area contributed by atoms with E-state index < -0.39 is 79.5 Å². The van der Waals surface area contributed by atoms with Gasteiger partial charge >= 0.3 is 12.4 Å². The molecule has 0 aromatic carbocycles. The van der Waals surface area contributed by atoms with Crippen LogP contribution in [-0.2, 0) is 4.74 Å². The van der Waals surface area contributed by atoms with Gasteiger partial charge in [-0.25, -0.2) is 8.78 Å². The van der Waals surface area contributed by atoms with Gasteiger partial charge in [-0.3, -0.25) is 31.6 Å². The predicted octanol–water partition coefficient (Wildman–Crippen LogP) is 1.68. The Morgan fingerprint density at radius 1 is 0.956 bits per heavy atom. The number of nitrogens with zero attached hydrogens (tertiary/aromatic N) is 3. The summed E-state index contributed by atoms with van der Waals surface area (Å²) in [5.41, 5.74) is 0. The van der Waals surface area contributed by atoms with Crippen LogP contribution in [-0.4, -0.2) is 129 Å². The summed E-state index contributed by atoms with van der Waals surface area (Å²) in [6.07, 6.45) is -8.77. The summed E-state index contributed by atoms with van der Waals surface area (Å²) in [7, 11) is 3.15. The zero-order chi connectivity index (χ0) is 32.5. The third-order valence-corrected chi connectivity index (χ3v) is 10.7. The zero-order valence-corrected chi connectivity index (χ0v) is 25.2. The van der Waals surface area contributed by atoms with Gasteiger partial charge < -0.3 is 19.9 Å². The summed E-state index contributed by atoms with van der Waals surface area (Å²) >= 11 is 0. The quantitative estimate of drug-likeness (QED) is 0.228. The van der Waals surface area contributed by atoms with Crippen molar-refractivity contribution in [1.29, 1.82) is 5.41 Å². The van der Waals surface area contributed by atoms with Gasteiger partial charge in [0.25, 0.3) is 5.92 Å². The van der Waals surface area contributed by atoms with Crippen molar-refractivity contribution in [3.63, 3.8) is 0 Å². The van der Waals surface area contributed by atoms with Gasteiger partial charge in [-0.2, -0.15) is 26.3 Å². The van der Waals surface area contributed by atoms with E-state index in [1.807, 2.05) is 0 Å². The number of likely N-dealkylation sites (N-methyl/N-ethyl adjacent to an activating group) is 1. The SMILES string of the molecule is COC1NCNC(C2CC2(F)F)C1C1NCC2C(N1)N(CC1CCC(C3NC(C(F)(F)F)CN3C)CC1)C(=N)N2CC(F)(F)F. The molecule has 0 spiro atoms. The molecule has 4 saturated heterocycles. The summed E-state index contributed by atoms with van der Waals surface area (Å²) in [5.74, 6) is -4.44. The summed E-state index contributed by atoms with van der Waals surface area (Å²) in [4.78, 5) is 4.39. The van der Waals surface area contributed by atoms with E-state index in [9.17, 15) is 35.1 Å². The highest BCUT2D eigenvalue weighted by molar-refractivity contribution is 5.80. The minimum atomic E-state index is -4.54. The maximum absolute atomic E-state index is 14.2. The molecule has 0 amide bonds. The lowest BCUT2D eigenvalue weighted by atomic mass is 9.80. The number of nitrogens with one attached hydrogen (secondary N) is 6. The average molecular weight is 662 g/mol. The van der Waals surface area contributed by atoms with Crippen molar-refractivity contribution in [3.05, 3.63) is 0 Å². The smallest absolute Gasteiger partial charge is 0.366 e. The highest BCUT2D eigenvalue weighted by atomic mass is 19.4. The third-order valence-electron chi connectivity index (χ3n) is 10.7. The van der Waals surface area contributed by atoms with Gasteiger partial charge in [0.15, 0.2) is 5.96 Å². The Bertz CT molecular complexity index is 1070. The second-order valence-electron chi connectivity index (χ2n) is 13.6. The maximum Gasteiger partial charge on any atom is 0.406 e. The van der Waals surface area contributed by atoms with E-state index in [0.29, 0.717) is 32.2 Å². The first-order valence-electron chi connectivity index (χ1n) is 15.7. The molecule has 18 heteroatoms. The largest absolute Gasteiger partial charge is 0.406 e. The lowest BCUT2D eigenvalue weighted by molar-refractivity contribution is -0.150. The predicted molar refractivity (Wildman–Crippen MR) is 147 cm³/mol. The molecule has 6 aliphatic rings. The zero-order valence-electron chi connectivity index (χ0n) is 25.2. The fraction of sp³-hybridized carbons (Fsp3) is 0.963. The molecule has 6 rings (SSSR count). The number of alkyl halides is 8. The first kappa shape index (κ1) is 33.3. The number of methoxy groups -OCH3 is 1. The van der Waals surface area contributed by atoms with Crippen LogP contribution in [0.3, 0.4) is 0 Å². The maximum atomic E-state index is 14.2. The Morgan fingerprint density at radius 3 is 2.22 bits per heavy atom. The summed E-state index contributed by atoms with van der Waals surface area (Å²) in [5, 5.41) is 24.4. The van der Waals surface area contributed by atoms with E-state index >= 15 is 0 Å². The van der Waals surface area contributed by atoms with E-state index in [1.165, 1.54) is 7.11 Å². The number of hydrogen-bond donors (Lipinski definition) is 6. The Kier molecular flexibility index (Phi) is 9.00. The Labute approximate surface area is 256 Å². The first-order chi connectivity index (χ1) is 21.1. The number of halogens is 8. The van der Waals surface area contributed by atoms with Crippen molar-refractivity contribution in [3.8, 4) is 0 Å². The molecule has 6 fully saturated rings. The normalized spacial score (nSPS) is 42.7. The van der Waals surface area contributed by atoms with Gasteiger partial charge in [0.05, 0.1) is 18.4 Å². The number of guanidine groups is 1. The van der Waals surface area contributed by atoms with Crippen LogP contribution in [0.2, 0.25) is 0 Å². The molecule has 10 nitrogen and oxygen atoms in total. The molecular weight excluding hydrogens is 618 g/mol. The van der Waals surface area contributed by atoms with Crippen molar-refractivity contribution in [2.45, 2.75) is 93.2 Å². The van der Waals surface area contributed by atoms with Gasteiger partial charge in [0.2, 0.25) is 0 Å². The molecule has 4 aliphatic heterocycles. The summed E-state index contributed by atoms with van der Waals surface area (Å²) < 4.78 is 115. The van der Waals surface area contributed by atoms with Crippen LogP contribution in [0.5, 0.6) is 0 Å². The minimum absolute atomic E-state index is 0.00209. The third kappa shape index (κ3) is 6.74. The molecule has 0 bridgehead atoms. The molecule has 0 radical (unpaired) electrons. The van der Waals surface area contributed by atoms with Gasteiger partial charge in [0.1, 0.15) is 25.0 Å². The molecule has 2 aliphatic carbocycles. The molecule has 9 atom stereocenters. The molecule has 6 N–H and O–H groups in total. The Morgan fingerprint density at radius 2 is 1.64 bits per heavy atom. The molecule has 0 aromatic rings. The molecule has 2 saturated carbocycles. The van der Waals surface area contributed by atoms with Crippen LogP contribution in [0.1, 0.15) is 32.1 Å². The Hall–Kier alpha value is -1.57. The fourth-order valence-electron chi connectivity index (χ4n) is 8.42. The van der Waals surface area contributed by atoms with Crippen molar-refractivity contribution in [1.82, 2.24) is 41.3 Å². The lowest BCUT2D eigenvalue weighted by Crippen LogP contribution is -2.73. The molecule has 4 heterocycles. The van der Waals surface area contributed by atoms with Gasteiger partial charge in [-0.1, -0.05) is 0 Å². The molecule has 258 valence electrons. The molecule has 0 aromatic heterocycles. The van der Waals surface area contributed by atoms with E-state index in [-0.39, 0.29) is 44.0 Å². The highest BCUT2D eigenvalue weighted by Gasteiger charge is 2.64. The molecule has 9 unspecified atom stereocenters. The standard InChI is InChI=1S/C27H43F8N9O/c1-42-10-17(27(33,34)35)40-21(42)14-5-3-13(4-6-14)9-43-22-16(44(24(43)36)11-26(30,31)32)8-37-20(41-22)18-19(15-7-25(15,28)29)38-12-39-23(18)45-2/h13-23,36-41H,3-12H2,1-2H3. The molecular formula is C27H43F8N9O.